The number of carbonyl (C=O) groups is 2. The van der Waals surface area contributed by atoms with Crippen LogP contribution in [0.15, 0.2) is 56.6 Å². The molecule has 0 spiro atoms. The van der Waals surface area contributed by atoms with Gasteiger partial charge in [0.15, 0.2) is 11.4 Å². The van der Waals surface area contributed by atoms with Crippen molar-refractivity contribution in [1.29, 1.82) is 0 Å². The highest BCUT2D eigenvalue weighted by atomic mass is 32.2. The van der Waals surface area contributed by atoms with Gasteiger partial charge in [-0.2, -0.15) is 16.5 Å². The first-order valence-electron chi connectivity index (χ1n) is 9.65. The van der Waals surface area contributed by atoms with Crippen LogP contribution < -0.4 is 15.8 Å². The Morgan fingerprint density at radius 2 is 1.94 bits per heavy atom. The molecule has 0 fully saturated rings. The molecule has 1 atom stereocenters. The number of hydrogen-bond acceptors (Lipinski definition) is 7. The number of carbonyl (C=O) groups excluding carboxylic acids is 2. The highest BCUT2D eigenvalue weighted by Crippen LogP contribution is 2.19. The summed E-state index contributed by atoms with van der Waals surface area (Å²) in [4.78, 5) is 36.0. The largest absolute Gasteiger partial charge is 0.419 e. The number of fused-ring (bicyclic) bond motifs is 1. The van der Waals surface area contributed by atoms with Crippen LogP contribution >= 0.6 is 11.8 Å². The quantitative estimate of drug-likeness (QED) is 0.453. The number of aromatic nitrogens is 1. The molecule has 0 radical (unpaired) electrons. The normalized spacial score (nSPS) is 12.6. The Hall–Kier alpha value is -2.89. The summed E-state index contributed by atoms with van der Waals surface area (Å²) in [6.45, 7) is 1.42. The molecule has 2 N–H and O–H groups in total. The number of hydrogen-bond donors (Lipinski definition) is 2. The van der Waals surface area contributed by atoms with E-state index in [1.807, 2.05) is 6.26 Å². The van der Waals surface area contributed by atoms with Gasteiger partial charge in [0.1, 0.15) is 6.04 Å². The predicted molar refractivity (Wildman–Crippen MR) is 124 cm³/mol. The van der Waals surface area contributed by atoms with E-state index in [2.05, 4.69) is 10.0 Å². The first kappa shape index (κ1) is 23.8. The Balaban J connectivity index is 1.85. The minimum atomic E-state index is -4.09. The number of benzene rings is 2. The first-order valence-corrected chi connectivity index (χ1v) is 12.5. The molecule has 1 heterocycles. The number of Topliss-reactive ketones (excluding diaryl/α,β-unsaturated/α-hetero) is 1. The molecule has 2 aromatic carbocycles. The summed E-state index contributed by atoms with van der Waals surface area (Å²) in [6.07, 6.45) is 2.10. The van der Waals surface area contributed by atoms with Crippen LogP contribution in [0.1, 0.15) is 23.7 Å². The fraction of sp³-hybridized carbons (Fsp3) is 0.286. The molecular weight excluding hydrogens is 454 g/mol. The third-order valence-electron chi connectivity index (χ3n) is 4.84. The predicted octanol–water partition coefficient (Wildman–Crippen LogP) is 2.37. The Labute approximate surface area is 189 Å². The van der Waals surface area contributed by atoms with Crippen molar-refractivity contribution in [2.75, 3.05) is 17.3 Å². The molecule has 3 rings (SSSR count). The van der Waals surface area contributed by atoms with Gasteiger partial charge in [-0.3, -0.25) is 14.2 Å². The molecule has 0 aliphatic rings. The van der Waals surface area contributed by atoms with E-state index in [-0.39, 0.29) is 22.7 Å². The van der Waals surface area contributed by atoms with E-state index in [4.69, 9.17) is 4.42 Å². The van der Waals surface area contributed by atoms with Gasteiger partial charge in [0.05, 0.1) is 10.4 Å². The Morgan fingerprint density at radius 1 is 1.19 bits per heavy atom. The molecular formula is C21H23N3O6S2. The molecule has 32 heavy (non-hydrogen) atoms. The number of nitrogens with zero attached hydrogens (tertiary/aromatic N) is 1. The Bertz CT molecular complexity index is 1330. The second-order valence-electron chi connectivity index (χ2n) is 7.14. The second kappa shape index (κ2) is 9.72. The number of oxazole rings is 1. The maximum atomic E-state index is 13.0. The summed E-state index contributed by atoms with van der Waals surface area (Å²) in [5, 5.41) is 2.67. The SMILES string of the molecule is CSCC[C@H](NS(=O)(=O)c1ccc2c(c1)oc(=O)n2C)C(=O)Nc1cccc(C(C)=O)c1. The molecule has 0 saturated heterocycles. The first-order chi connectivity index (χ1) is 15.1. The third-order valence-corrected chi connectivity index (χ3v) is 6.95. The van der Waals surface area contributed by atoms with Crippen LogP contribution in [-0.4, -0.2) is 42.7 Å². The number of aryl methyl sites for hydroxylation is 1. The van der Waals surface area contributed by atoms with Gasteiger partial charge in [-0.25, -0.2) is 13.2 Å². The lowest BCUT2D eigenvalue weighted by molar-refractivity contribution is -0.117. The molecule has 0 bridgehead atoms. The highest BCUT2D eigenvalue weighted by molar-refractivity contribution is 7.98. The summed E-state index contributed by atoms with van der Waals surface area (Å²) < 4.78 is 34.7. The van der Waals surface area contributed by atoms with Gasteiger partial charge in [-0.05, 0) is 49.6 Å². The average molecular weight is 478 g/mol. The van der Waals surface area contributed by atoms with Crippen molar-refractivity contribution >= 4 is 50.3 Å². The van der Waals surface area contributed by atoms with Crippen molar-refractivity contribution in [2.45, 2.75) is 24.3 Å². The summed E-state index contributed by atoms with van der Waals surface area (Å²) in [7, 11) is -2.57. The second-order valence-corrected chi connectivity index (χ2v) is 9.84. The van der Waals surface area contributed by atoms with Crippen LogP contribution in [0.25, 0.3) is 11.1 Å². The Morgan fingerprint density at radius 3 is 2.62 bits per heavy atom. The molecule has 1 aromatic heterocycles. The van der Waals surface area contributed by atoms with Gasteiger partial charge in [-0.15, -0.1) is 0 Å². The molecule has 9 nitrogen and oxygen atoms in total. The number of nitrogens with one attached hydrogen (secondary N) is 2. The van der Waals surface area contributed by atoms with Crippen molar-refractivity contribution in [3.05, 3.63) is 58.6 Å². The maximum absolute atomic E-state index is 13.0. The van der Waals surface area contributed by atoms with Crippen LogP contribution in [0.3, 0.4) is 0 Å². The number of anilines is 1. The van der Waals surface area contributed by atoms with Crippen molar-refractivity contribution < 1.29 is 22.4 Å². The standard InChI is InChI=1S/C21H23N3O6S2/c1-13(25)14-5-4-6-15(11-14)22-20(26)17(9-10-31-3)23-32(28,29)16-7-8-18-19(12-16)30-21(27)24(18)2/h4-8,11-12,17,23H,9-10H2,1-3H3,(H,22,26)/t17-/m0/s1. The van der Waals surface area contributed by atoms with Crippen LogP contribution in [-0.2, 0) is 21.9 Å². The Kier molecular flexibility index (Phi) is 7.22. The lowest BCUT2D eigenvalue weighted by Gasteiger charge is -2.18. The summed E-state index contributed by atoms with van der Waals surface area (Å²) >= 11 is 1.48. The maximum Gasteiger partial charge on any atom is 0.419 e. The molecule has 0 aliphatic heterocycles. The molecule has 0 unspecified atom stereocenters. The topological polar surface area (TPSA) is 127 Å². The summed E-state index contributed by atoms with van der Waals surface area (Å²) in [5.74, 6) is -0.757. The van der Waals surface area contributed by atoms with Gasteiger partial charge in [0, 0.05) is 24.4 Å². The molecule has 0 saturated carbocycles. The van der Waals surface area contributed by atoms with Gasteiger partial charge < -0.3 is 9.73 Å². The monoisotopic (exact) mass is 477 g/mol. The zero-order valence-corrected chi connectivity index (χ0v) is 19.4. The van der Waals surface area contributed by atoms with E-state index < -0.39 is 27.7 Å². The highest BCUT2D eigenvalue weighted by Gasteiger charge is 2.26. The van der Waals surface area contributed by atoms with E-state index in [0.717, 1.165) is 0 Å². The molecule has 170 valence electrons. The minimum Gasteiger partial charge on any atom is -0.408 e. The number of ketones is 1. The molecule has 1 amide bonds. The van der Waals surface area contributed by atoms with Crippen molar-refractivity contribution in [3.63, 3.8) is 0 Å². The van der Waals surface area contributed by atoms with Crippen molar-refractivity contribution in [1.82, 2.24) is 9.29 Å². The van der Waals surface area contributed by atoms with Crippen molar-refractivity contribution in [2.24, 2.45) is 7.05 Å². The van der Waals surface area contributed by atoms with E-state index in [1.54, 1.807) is 18.2 Å². The number of thioether (sulfide) groups is 1. The lowest BCUT2D eigenvalue weighted by Crippen LogP contribution is -2.44. The number of amides is 1. The zero-order chi connectivity index (χ0) is 23.5. The fourth-order valence-electron chi connectivity index (χ4n) is 3.06. The van der Waals surface area contributed by atoms with Crippen LogP contribution in [0.2, 0.25) is 0 Å². The van der Waals surface area contributed by atoms with Gasteiger partial charge in [0.25, 0.3) is 0 Å². The smallest absolute Gasteiger partial charge is 0.408 e. The third kappa shape index (κ3) is 5.29. The lowest BCUT2D eigenvalue weighted by atomic mass is 10.1. The van der Waals surface area contributed by atoms with Gasteiger partial charge >= 0.3 is 5.76 Å². The number of rotatable bonds is 9. The van der Waals surface area contributed by atoms with E-state index in [1.165, 1.54) is 54.6 Å². The minimum absolute atomic E-state index is 0.125. The van der Waals surface area contributed by atoms with Crippen LogP contribution in [0.4, 0.5) is 5.69 Å². The summed E-state index contributed by atoms with van der Waals surface area (Å²) in [5.41, 5.74) is 1.41. The van der Waals surface area contributed by atoms with Crippen molar-refractivity contribution in [3.8, 4) is 0 Å². The molecule has 0 aliphatic carbocycles. The van der Waals surface area contributed by atoms with E-state index >= 15 is 0 Å². The average Bonchev–Trinajstić information content (AvgIpc) is 3.04. The van der Waals surface area contributed by atoms with Crippen LogP contribution in [0, 0.1) is 0 Å². The van der Waals surface area contributed by atoms with Gasteiger partial charge in [0.2, 0.25) is 15.9 Å². The van der Waals surface area contributed by atoms with E-state index in [0.29, 0.717) is 22.5 Å². The molecule has 3 aromatic rings. The zero-order valence-electron chi connectivity index (χ0n) is 17.7. The number of sulfonamides is 1. The van der Waals surface area contributed by atoms with Gasteiger partial charge in [-0.1, -0.05) is 12.1 Å². The molecule has 11 heteroatoms. The summed E-state index contributed by atoms with van der Waals surface area (Å²) in [6, 6.07) is 9.44. The van der Waals surface area contributed by atoms with E-state index in [9.17, 15) is 22.8 Å². The van der Waals surface area contributed by atoms with Crippen LogP contribution in [0.5, 0.6) is 0 Å². The fourth-order valence-corrected chi connectivity index (χ4v) is 4.78.